The number of carbonyl (C=O) groups is 4. The highest BCUT2D eigenvalue weighted by Gasteiger charge is 2.37. The second-order valence-electron chi connectivity index (χ2n) is 9.20. The van der Waals surface area contributed by atoms with Crippen molar-refractivity contribution < 1.29 is 28.7 Å². The monoisotopic (exact) mass is 489 g/mol. The van der Waals surface area contributed by atoms with Gasteiger partial charge in [-0.2, -0.15) is 0 Å². The maximum absolute atomic E-state index is 13.8. The van der Waals surface area contributed by atoms with Gasteiger partial charge in [0.25, 0.3) is 0 Å². The molecule has 194 valence electrons. The fraction of sp³-hybridized carbons (Fsp3) is 0.538. The van der Waals surface area contributed by atoms with Gasteiger partial charge in [0.05, 0.1) is 7.11 Å². The highest BCUT2D eigenvalue weighted by molar-refractivity contribution is 5.93. The summed E-state index contributed by atoms with van der Waals surface area (Å²) in [4.78, 5) is 52.6. The summed E-state index contributed by atoms with van der Waals surface area (Å²) >= 11 is 0. The van der Waals surface area contributed by atoms with E-state index in [-0.39, 0.29) is 19.0 Å². The van der Waals surface area contributed by atoms with E-state index < -0.39 is 41.6 Å². The van der Waals surface area contributed by atoms with E-state index in [2.05, 4.69) is 21.9 Å². The van der Waals surface area contributed by atoms with Crippen LogP contribution < -0.4 is 10.6 Å². The van der Waals surface area contributed by atoms with Crippen molar-refractivity contribution in [3.63, 3.8) is 0 Å². The molecule has 1 aromatic carbocycles. The van der Waals surface area contributed by atoms with Crippen LogP contribution in [0.4, 0.5) is 4.79 Å². The second-order valence-corrected chi connectivity index (χ2v) is 9.20. The number of rotatable bonds is 11. The number of hydrogen-bond acceptors (Lipinski definition) is 6. The van der Waals surface area contributed by atoms with E-state index in [0.29, 0.717) is 12.0 Å². The van der Waals surface area contributed by atoms with Crippen LogP contribution in [0, 0.1) is 5.92 Å². The van der Waals surface area contributed by atoms with Gasteiger partial charge in [0.15, 0.2) is 0 Å². The standard InChI is InChI=1S/C26H39N3O6/c1-9-17(4)21(28-25(33)35-26(5,6)7)24(32)29(11-3)22(23(31)27-16-20(30)34-8)19-14-12-13-18(10-2)15-19/h10,12-15,17,21-22H,2,9,11,16H2,1,3-8H3,(H,27,31)(H,28,33). The van der Waals surface area contributed by atoms with Crippen LogP contribution in [-0.2, 0) is 23.9 Å². The van der Waals surface area contributed by atoms with Crippen molar-refractivity contribution in [3.8, 4) is 0 Å². The molecule has 3 unspecified atom stereocenters. The molecule has 0 heterocycles. The molecule has 0 saturated carbocycles. The van der Waals surface area contributed by atoms with E-state index in [1.54, 1.807) is 52.0 Å². The van der Waals surface area contributed by atoms with E-state index in [0.717, 1.165) is 5.56 Å². The SMILES string of the molecule is C=Cc1cccc(C(C(=O)NCC(=O)OC)N(CC)C(=O)C(NC(=O)OC(C)(C)C)C(C)CC)c1. The molecule has 0 aliphatic carbocycles. The summed E-state index contributed by atoms with van der Waals surface area (Å²) in [6.45, 7) is 14.3. The largest absolute Gasteiger partial charge is 0.468 e. The summed E-state index contributed by atoms with van der Waals surface area (Å²) in [7, 11) is 1.22. The Morgan fingerprint density at radius 1 is 1.17 bits per heavy atom. The Balaban J connectivity index is 3.42. The summed E-state index contributed by atoms with van der Waals surface area (Å²) < 4.78 is 9.98. The average Bonchev–Trinajstić information content (AvgIpc) is 2.81. The molecule has 0 radical (unpaired) electrons. The molecule has 0 aliphatic heterocycles. The van der Waals surface area contributed by atoms with Crippen molar-refractivity contribution in [2.75, 3.05) is 20.2 Å². The normalized spacial score (nSPS) is 13.6. The highest BCUT2D eigenvalue weighted by atomic mass is 16.6. The number of benzene rings is 1. The summed E-state index contributed by atoms with van der Waals surface area (Å²) in [6.07, 6.45) is 1.53. The molecule has 0 fully saturated rings. The van der Waals surface area contributed by atoms with E-state index in [4.69, 9.17) is 4.74 Å². The van der Waals surface area contributed by atoms with Gasteiger partial charge in [-0.3, -0.25) is 14.4 Å². The summed E-state index contributed by atoms with van der Waals surface area (Å²) in [5.41, 5.74) is 0.571. The first-order valence-electron chi connectivity index (χ1n) is 11.7. The number of likely N-dealkylation sites (N-methyl/N-ethyl adjacent to an activating group) is 1. The van der Waals surface area contributed by atoms with Crippen LogP contribution in [0.25, 0.3) is 6.08 Å². The molecule has 0 saturated heterocycles. The van der Waals surface area contributed by atoms with E-state index in [1.165, 1.54) is 12.0 Å². The Bertz CT molecular complexity index is 909. The van der Waals surface area contributed by atoms with Crippen LogP contribution >= 0.6 is 0 Å². The number of carbonyl (C=O) groups excluding carboxylic acids is 4. The molecule has 0 aliphatic rings. The summed E-state index contributed by atoms with van der Waals surface area (Å²) in [5.74, 6) is -1.83. The van der Waals surface area contributed by atoms with Crippen LogP contribution in [0.5, 0.6) is 0 Å². The predicted molar refractivity (Wildman–Crippen MR) is 134 cm³/mol. The molecule has 0 spiro atoms. The molecule has 3 amide bonds. The Hall–Kier alpha value is -3.36. The number of methoxy groups -OCH3 is 1. The van der Waals surface area contributed by atoms with Crippen molar-refractivity contribution in [3.05, 3.63) is 42.0 Å². The van der Waals surface area contributed by atoms with Gasteiger partial charge in [-0.1, -0.05) is 51.1 Å². The van der Waals surface area contributed by atoms with Gasteiger partial charge in [-0.05, 0) is 50.8 Å². The first-order chi connectivity index (χ1) is 16.4. The number of nitrogens with zero attached hydrogens (tertiary/aromatic N) is 1. The Kier molecular flexibility index (Phi) is 11.5. The van der Waals surface area contributed by atoms with Crippen LogP contribution in [0.2, 0.25) is 0 Å². The van der Waals surface area contributed by atoms with Gasteiger partial charge in [-0.15, -0.1) is 0 Å². The molecule has 35 heavy (non-hydrogen) atoms. The van der Waals surface area contributed by atoms with Gasteiger partial charge >= 0.3 is 12.1 Å². The molecular formula is C26H39N3O6. The molecule has 9 nitrogen and oxygen atoms in total. The second kappa shape index (κ2) is 13.5. The fourth-order valence-corrected chi connectivity index (χ4v) is 3.42. The topological polar surface area (TPSA) is 114 Å². The van der Waals surface area contributed by atoms with Crippen LogP contribution in [-0.4, -0.2) is 60.6 Å². The Morgan fingerprint density at radius 3 is 2.34 bits per heavy atom. The molecule has 3 atom stereocenters. The maximum Gasteiger partial charge on any atom is 0.408 e. The van der Waals surface area contributed by atoms with Gasteiger partial charge in [0, 0.05) is 6.54 Å². The molecule has 1 rings (SSSR count). The van der Waals surface area contributed by atoms with Crippen LogP contribution in [0.15, 0.2) is 30.8 Å². The summed E-state index contributed by atoms with van der Waals surface area (Å²) in [6, 6.07) is 5.09. The summed E-state index contributed by atoms with van der Waals surface area (Å²) in [5, 5.41) is 5.24. The van der Waals surface area contributed by atoms with E-state index in [1.807, 2.05) is 19.9 Å². The lowest BCUT2D eigenvalue weighted by Gasteiger charge is -2.35. The first-order valence-corrected chi connectivity index (χ1v) is 11.7. The number of hydrogen-bond donors (Lipinski definition) is 2. The minimum atomic E-state index is -1.05. The van der Waals surface area contributed by atoms with Crippen LogP contribution in [0.3, 0.4) is 0 Å². The third-order valence-corrected chi connectivity index (χ3v) is 5.43. The lowest BCUT2D eigenvalue weighted by Crippen LogP contribution is -2.55. The fourth-order valence-electron chi connectivity index (χ4n) is 3.42. The molecule has 1 aromatic rings. The number of ether oxygens (including phenoxy) is 2. The van der Waals surface area contributed by atoms with Crippen molar-refractivity contribution in [1.29, 1.82) is 0 Å². The number of amides is 3. The molecule has 9 heteroatoms. The van der Waals surface area contributed by atoms with Gasteiger partial charge < -0.3 is 25.0 Å². The zero-order valence-corrected chi connectivity index (χ0v) is 21.8. The Morgan fingerprint density at radius 2 is 1.83 bits per heavy atom. The quantitative estimate of drug-likeness (QED) is 0.460. The van der Waals surface area contributed by atoms with Gasteiger partial charge in [-0.25, -0.2) is 4.79 Å². The smallest absolute Gasteiger partial charge is 0.408 e. The minimum Gasteiger partial charge on any atom is -0.468 e. The van der Waals surface area contributed by atoms with Crippen molar-refractivity contribution >= 4 is 30.0 Å². The Labute approximate surface area is 208 Å². The van der Waals surface area contributed by atoms with Crippen molar-refractivity contribution in [2.24, 2.45) is 5.92 Å². The third kappa shape index (κ3) is 9.07. The molecule has 0 aromatic heterocycles. The lowest BCUT2D eigenvalue weighted by atomic mass is 9.95. The molecule has 2 N–H and O–H groups in total. The van der Waals surface area contributed by atoms with Gasteiger partial charge in [0.2, 0.25) is 11.8 Å². The average molecular weight is 490 g/mol. The van der Waals surface area contributed by atoms with E-state index >= 15 is 0 Å². The van der Waals surface area contributed by atoms with Crippen molar-refractivity contribution in [2.45, 2.75) is 65.6 Å². The van der Waals surface area contributed by atoms with E-state index in [9.17, 15) is 19.2 Å². The predicted octanol–water partition coefficient (Wildman–Crippen LogP) is 3.45. The first kappa shape index (κ1) is 29.7. The maximum atomic E-state index is 13.8. The number of alkyl carbamates (subject to hydrolysis) is 1. The highest BCUT2D eigenvalue weighted by Crippen LogP contribution is 2.25. The zero-order valence-electron chi connectivity index (χ0n) is 21.8. The number of nitrogens with one attached hydrogen (secondary N) is 2. The lowest BCUT2D eigenvalue weighted by molar-refractivity contribution is -0.145. The molecule has 0 bridgehead atoms. The van der Waals surface area contributed by atoms with Crippen LogP contribution in [0.1, 0.15) is 65.1 Å². The molecular weight excluding hydrogens is 450 g/mol. The number of esters is 1. The minimum absolute atomic E-state index is 0.177. The van der Waals surface area contributed by atoms with Gasteiger partial charge in [0.1, 0.15) is 24.2 Å². The zero-order chi connectivity index (χ0) is 26.8. The third-order valence-electron chi connectivity index (χ3n) is 5.43. The van der Waals surface area contributed by atoms with Crippen molar-refractivity contribution in [1.82, 2.24) is 15.5 Å².